The van der Waals surface area contributed by atoms with Crippen LogP contribution in [0.15, 0.2) is 24.3 Å². The highest BCUT2D eigenvalue weighted by molar-refractivity contribution is 6.03. The van der Waals surface area contributed by atoms with Crippen molar-refractivity contribution in [2.75, 3.05) is 23.3 Å². The Balaban J connectivity index is 2.10. The van der Waals surface area contributed by atoms with Gasteiger partial charge in [-0.3, -0.25) is 9.69 Å². The number of anilines is 2. The molecule has 1 fully saturated rings. The van der Waals surface area contributed by atoms with Crippen molar-refractivity contribution >= 4 is 23.3 Å². The number of benzene rings is 1. The highest BCUT2D eigenvalue weighted by Crippen LogP contribution is 2.19. The number of carbonyl (C=O) groups is 2. The zero-order valence-electron chi connectivity index (χ0n) is 9.06. The minimum absolute atomic E-state index is 0.106. The van der Waals surface area contributed by atoms with Crippen LogP contribution in [-0.2, 0) is 4.79 Å². The lowest BCUT2D eigenvalue weighted by molar-refractivity contribution is -0.111. The number of carbonyl (C=O) groups excluding carboxylic acids is 2. The molecule has 1 aliphatic rings. The molecule has 2 N–H and O–H groups in total. The predicted octanol–water partition coefficient (Wildman–Crippen LogP) is 0.788. The number of hydrogen-bond donors (Lipinski definition) is 2. The molecule has 86 valence electrons. The van der Waals surface area contributed by atoms with E-state index in [-0.39, 0.29) is 6.03 Å². The van der Waals surface area contributed by atoms with E-state index in [1.54, 1.807) is 29.2 Å². The lowest BCUT2D eigenvalue weighted by atomic mass is 10.2. The van der Waals surface area contributed by atoms with E-state index in [0.29, 0.717) is 18.8 Å². The van der Waals surface area contributed by atoms with E-state index >= 15 is 0 Å². The summed E-state index contributed by atoms with van der Waals surface area (Å²) < 4.78 is 0. The summed E-state index contributed by atoms with van der Waals surface area (Å²) in [5.41, 5.74) is 1.40. The Kier molecular flexibility index (Phi) is 2.97. The van der Waals surface area contributed by atoms with Crippen LogP contribution >= 0.6 is 0 Å². The van der Waals surface area contributed by atoms with Gasteiger partial charge in [0, 0.05) is 24.5 Å². The fourth-order valence-electron chi connectivity index (χ4n) is 1.61. The Bertz CT molecular complexity index is 487. The van der Waals surface area contributed by atoms with Gasteiger partial charge in [-0.05, 0) is 30.2 Å². The maximum atomic E-state index is 11.4. The number of nitrogens with one attached hydrogen (secondary N) is 2. The molecule has 0 unspecified atom stereocenters. The first-order chi connectivity index (χ1) is 8.20. The second kappa shape index (κ2) is 4.58. The van der Waals surface area contributed by atoms with Crippen molar-refractivity contribution in [1.82, 2.24) is 5.32 Å². The van der Waals surface area contributed by atoms with Crippen molar-refractivity contribution in [3.8, 4) is 12.3 Å². The van der Waals surface area contributed by atoms with Crippen molar-refractivity contribution in [2.24, 2.45) is 0 Å². The van der Waals surface area contributed by atoms with Gasteiger partial charge in [-0.25, -0.2) is 4.79 Å². The Morgan fingerprint density at radius 1 is 1.41 bits per heavy atom. The molecule has 5 nitrogen and oxygen atoms in total. The molecule has 1 saturated heterocycles. The Morgan fingerprint density at radius 2 is 2.12 bits per heavy atom. The molecule has 0 radical (unpaired) electrons. The Hall–Kier alpha value is -2.48. The molecule has 2 rings (SSSR count). The molecular formula is C12H11N3O2. The fraction of sp³-hybridized carbons (Fsp3) is 0.167. The second-order valence-electron chi connectivity index (χ2n) is 3.53. The maximum Gasteiger partial charge on any atom is 0.321 e. The van der Waals surface area contributed by atoms with Gasteiger partial charge in [-0.15, -0.1) is 6.42 Å². The zero-order chi connectivity index (χ0) is 12.3. The van der Waals surface area contributed by atoms with Gasteiger partial charge in [-0.1, -0.05) is 0 Å². The normalized spacial score (nSPS) is 14.1. The van der Waals surface area contributed by atoms with Gasteiger partial charge in [0.25, 0.3) is 5.91 Å². The summed E-state index contributed by atoms with van der Waals surface area (Å²) >= 11 is 0. The van der Waals surface area contributed by atoms with Gasteiger partial charge in [-0.2, -0.15) is 0 Å². The van der Waals surface area contributed by atoms with Gasteiger partial charge in [0.1, 0.15) is 0 Å². The summed E-state index contributed by atoms with van der Waals surface area (Å²) in [6.07, 6.45) is 4.94. The predicted molar refractivity (Wildman–Crippen MR) is 64.6 cm³/mol. The molecule has 0 atom stereocenters. The molecule has 0 aromatic heterocycles. The van der Waals surface area contributed by atoms with E-state index in [4.69, 9.17) is 6.42 Å². The minimum atomic E-state index is -0.489. The van der Waals surface area contributed by atoms with E-state index in [9.17, 15) is 9.59 Å². The van der Waals surface area contributed by atoms with Crippen LogP contribution < -0.4 is 15.5 Å². The number of rotatable bonds is 2. The van der Waals surface area contributed by atoms with Crippen LogP contribution in [0.1, 0.15) is 0 Å². The monoisotopic (exact) mass is 229 g/mol. The average Bonchev–Trinajstić information content (AvgIpc) is 2.76. The summed E-state index contributed by atoms with van der Waals surface area (Å²) in [4.78, 5) is 24.0. The van der Waals surface area contributed by atoms with E-state index in [0.717, 1.165) is 5.69 Å². The van der Waals surface area contributed by atoms with E-state index in [1.807, 2.05) is 5.92 Å². The molecule has 0 saturated carbocycles. The molecule has 0 aliphatic carbocycles. The number of terminal acetylenes is 1. The van der Waals surface area contributed by atoms with Crippen molar-refractivity contribution < 1.29 is 9.59 Å². The smallest absolute Gasteiger partial charge is 0.321 e. The molecule has 3 amide bonds. The Labute approximate surface area is 98.8 Å². The molecule has 1 aliphatic heterocycles. The zero-order valence-corrected chi connectivity index (χ0v) is 9.06. The van der Waals surface area contributed by atoms with E-state index in [2.05, 4.69) is 10.6 Å². The second-order valence-corrected chi connectivity index (χ2v) is 3.53. The average molecular weight is 229 g/mol. The number of urea groups is 1. The lowest BCUT2D eigenvalue weighted by Crippen LogP contribution is -2.27. The Morgan fingerprint density at radius 3 is 2.65 bits per heavy atom. The van der Waals surface area contributed by atoms with Crippen LogP contribution in [0.3, 0.4) is 0 Å². The van der Waals surface area contributed by atoms with Crippen molar-refractivity contribution in [3.05, 3.63) is 24.3 Å². The molecule has 0 spiro atoms. The van der Waals surface area contributed by atoms with Gasteiger partial charge >= 0.3 is 6.03 Å². The summed E-state index contributed by atoms with van der Waals surface area (Å²) in [5, 5.41) is 5.24. The van der Waals surface area contributed by atoms with Crippen LogP contribution in [0.5, 0.6) is 0 Å². The minimum Gasteiger partial charge on any atom is -0.336 e. The molecule has 5 heteroatoms. The topological polar surface area (TPSA) is 61.4 Å². The third kappa shape index (κ3) is 2.37. The van der Waals surface area contributed by atoms with Crippen molar-refractivity contribution in [1.29, 1.82) is 0 Å². The highest BCUT2D eigenvalue weighted by Gasteiger charge is 2.20. The third-order valence-electron chi connectivity index (χ3n) is 2.42. The van der Waals surface area contributed by atoms with Crippen LogP contribution in [0.4, 0.5) is 16.2 Å². The standard InChI is InChI=1S/C12H11N3O2/c1-2-11(16)14-9-3-5-10(6-4-9)15-8-7-13-12(15)17/h1,3-6H,7-8H2,(H,13,17)(H,14,16). The van der Waals surface area contributed by atoms with Crippen LogP contribution in [-0.4, -0.2) is 25.0 Å². The van der Waals surface area contributed by atoms with Crippen molar-refractivity contribution in [3.63, 3.8) is 0 Å². The van der Waals surface area contributed by atoms with E-state index in [1.165, 1.54) is 0 Å². The lowest BCUT2D eigenvalue weighted by Gasteiger charge is -2.14. The fourth-order valence-corrected chi connectivity index (χ4v) is 1.61. The molecule has 0 bridgehead atoms. The largest absolute Gasteiger partial charge is 0.336 e. The van der Waals surface area contributed by atoms with Crippen molar-refractivity contribution in [2.45, 2.75) is 0 Å². The molecule has 1 aromatic rings. The number of nitrogens with zero attached hydrogens (tertiary/aromatic N) is 1. The van der Waals surface area contributed by atoms with Gasteiger partial charge in [0.15, 0.2) is 0 Å². The molecular weight excluding hydrogens is 218 g/mol. The van der Waals surface area contributed by atoms with E-state index < -0.39 is 5.91 Å². The quantitative estimate of drug-likeness (QED) is 0.736. The first-order valence-corrected chi connectivity index (χ1v) is 5.14. The highest BCUT2D eigenvalue weighted by atomic mass is 16.2. The summed E-state index contributed by atoms with van der Waals surface area (Å²) in [5.74, 6) is 1.48. The van der Waals surface area contributed by atoms with Crippen LogP contribution in [0.25, 0.3) is 0 Å². The maximum absolute atomic E-state index is 11.4. The first-order valence-electron chi connectivity index (χ1n) is 5.14. The molecule has 1 heterocycles. The molecule has 17 heavy (non-hydrogen) atoms. The number of amides is 3. The van der Waals surface area contributed by atoms with Crippen LogP contribution in [0, 0.1) is 12.3 Å². The third-order valence-corrected chi connectivity index (χ3v) is 2.42. The SMILES string of the molecule is C#CC(=O)Nc1ccc(N2CCNC2=O)cc1. The summed E-state index contributed by atoms with van der Waals surface area (Å²) in [7, 11) is 0. The summed E-state index contributed by atoms with van der Waals surface area (Å²) in [6, 6.07) is 6.82. The first kappa shape index (κ1) is 11.0. The van der Waals surface area contributed by atoms with Gasteiger partial charge in [0.05, 0.1) is 0 Å². The molecule has 1 aromatic carbocycles. The van der Waals surface area contributed by atoms with Gasteiger partial charge in [0.2, 0.25) is 0 Å². The van der Waals surface area contributed by atoms with Gasteiger partial charge < -0.3 is 10.6 Å². The summed E-state index contributed by atoms with van der Waals surface area (Å²) in [6.45, 7) is 1.29. The number of hydrogen-bond acceptors (Lipinski definition) is 2. The van der Waals surface area contributed by atoms with Crippen LogP contribution in [0.2, 0.25) is 0 Å².